The van der Waals surface area contributed by atoms with Gasteiger partial charge in [-0.1, -0.05) is 290 Å². The zero-order valence-corrected chi connectivity index (χ0v) is 88.5. The van der Waals surface area contributed by atoms with Crippen LogP contribution >= 0.6 is 180 Å². The van der Waals surface area contributed by atoms with Crippen molar-refractivity contribution in [1.82, 2.24) is 59.1 Å². The maximum Gasteiger partial charge on any atom is 0.138 e. The van der Waals surface area contributed by atoms with E-state index in [-0.39, 0.29) is 6.61 Å². The molecule has 8 heterocycles. The first-order valence-corrected chi connectivity index (χ1v) is 52.2. The first-order valence-electron chi connectivity index (χ1n) is 45.2. The number of pyridine rings is 4. The van der Waals surface area contributed by atoms with Crippen molar-refractivity contribution in [2.75, 3.05) is 24.9 Å². The molecule has 0 spiro atoms. The summed E-state index contributed by atoms with van der Waals surface area (Å²) >= 11 is 79.0. The molecule has 0 aliphatic heterocycles. The van der Waals surface area contributed by atoms with Gasteiger partial charge in [0.2, 0.25) is 0 Å². The molecule has 4 aliphatic rings. The fourth-order valence-corrected chi connectivity index (χ4v) is 21.0. The average molecular weight is 2280 g/mol. The maximum atomic E-state index is 8.67. The van der Waals surface area contributed by atoms with Gasteiger partial charge in [-0.2, -0.15) is 20.4 Å². The number of hydrogen-bond donors (Lipinski definition) is 4. The van der Waals surface area contributed by atoms with Crippen LogP contribution in [-0.4, -0.2) is 78.4 Å². The van der Waals surface area contributed by atoms with Crippen molar-refractivity contribution in [3.63, 3.8) is 0 Å². The number of halogens is 14. The molecule has 15 aromatic rings. The summed E-state index contributed by atoms with van der Waals surface area (Å²) < 4.78 is 22.5. The van der Waals surface area contributed by atoms with Crippen molar-refractivity contribution in [3.05, 3.63) is 310 Å². The van der Waals surface area contributed by atoms with Crippen molar-refractivity contribution >= 4 is 191 Å². The van der Waals surface area contributed by atoms with E-state index >= 15 is 0 Å². The van der Waals surface area contributed by atoms with Crippen LogP contribution in [0.5, 0.6) is 11.5 Å². The summed E-state index contributed by atoms with van der Waals surface area (Å²) in [5.74, 6) is 3.20. The molecule has 8 aromatic heterocycles. The van der Waals surface area contributed by atoms with Gasteiger partial charge >= 0.3 is 0 Å². The summed E-state index contributed by atoms with van der Waals surface area (Å²) in [4.78, 5) is 18.0. The van der Waals surface area contributed by atoms with Crippen LogP contribution in [0, 0.1) is 0 Å². The molecular formula is C104H99Br4Cl10N15O3. The lowest BCUT2D eigenvalue weighted by atomic mass is 9.94. The van der Waals surface area contributed by atoms with Crippen molar-refractivity contribution < 1.29 is 14.6 Å². The lowest BCUT2D eigenvalue weighted by Gasteiger charge is -2.25. The van der Waals surface area contributed by atoms with Crippen LogP contribution in [0.1, 0.15) is 175 Å². The van der Waals surface area contributed by atoms with Gasteiger partial charge in [-0.05, 0) is 210 Å². The minimum absolute atomic E-state index is 0.102. The second-order valence-corrected chi connectivity index (χ2v) is 41.2. The summed E-state index contributed by atoms with van der Waals surface area (Å²) in [6.45, 7) is 1.90. The Balaban J connectivity index is 0.000000134. The Hall–Kier alpha value is -8.08. The summed E-state index contributed by atoms with van der Waals surface area (Å²) in [5.41, 5.74) is 23.8. The van der Waals surface area contributed by atoms with E-state index in [1.807, 2.05) is 152 Å². The summed E-state index contributed by atoms with van der Waals surface area (Å²) in [5, 5.41) is 40.4. The second kappa shape index (κ2) is 49.4. The normalized spacial score (nSPS) is 14.2. The Kier molecular flexibility index (Phi) is 37.1. The number of methoxy groups -OCH3 is 2. The first-order chi connectivity index (χ1) is 66.0. The highest BCUT2D eigenvalue weighted by atomic mass is 79.9. The molecule has 4 aliphatic carbocycles. The molecule has 4 saturated carbocycles. The third kappa shape index (κ3) is 25.4. The number of ether oxygens (including phenoxy) is 2. The third-order valence-corrected chi connectivity index (χ3v) is 30.4. The standard InChI is InChI=1S/2C28H27BrCl2N4O.2C20H17BrCl3N3.C8H11NO/c1-36-21-12-10-18(11-13-21)15-32-28-23(14-19(29)16-33-28)27-24(22-8-5-9-25(30)26(22)31)17-35(34-27)20-6-3-2-4-7-20;1-36-21-12-10-18(11-13-21)15-32-28-23(14-19(29)16-33-28)27-24(22-8-5-9-25(30)26(22)31)17-34-35(27)20-6-3-2-4-7-20;21-12-9-15(20(24)25-10-12)19-16(14-7-4-8-17(22)18(14)23)11-27(26-19)13-5-2-1-3-6-13;21-12-9-15(20(24)25-10-12)19-16(14-7-4-8-17(22)18(14)23)11-26-27(19)13-5-2-1-3-6-13;9-5-7-1-3-8(6-10)4-2-7/h2*5,8-14,16-17,20H,2-4,6-7,15H2,1H3,(H,32,33);2*4,7-11,13H,1-3,5-6H2;1-4,10H,5-6,9H2. The molecular weight excluding hydrogens is 2180 g/mol. The molecule has 706 valence electrons. The smallest absolute Gasteiger partial charge is 0.138 e. The maximum absolute atomic E-state index is 8.67. The van der Waals surface area contributed by atoms with E-state index in [2.05, 4.69) is 128 Å². The minimum atomic E-state index is 0.102. The molecule has 0 unspecified atom stereocenters. The second-order valence-electron chi connectivity index (χ2n) is 33.7. The van der Waals surface area contributed by atoms with Crippen LogP contribution < -0.4 is 25.8 Å². The van der Waals surface area contributed by atoms with Crippen LogP contribution in [0.15, 0.2) is 237 Å². The number of anilines is 2. The van der Waals surface area contributed by atoms with Crippen LogP contribution in [0.3, 0.4) is 0 Å². The molecule has 136 heavy (non-hydrogen) atoms. The van der Waals surface area contributed by atoms with Gasteiger partial charge in [0.25, 0.3) is 0 Å². The van der Waals surface area contributed by atoms with Crippen molar-refractivity contribution in [2.24, 2.45) is 5.73 Å². The molecule has 5 N–H and O–H groups in total. The fraction of sp³-hybridized carbons (Fsp3) is 0.288. The predicted molar refractivity (Wildman–Crippen MR) is 574 cm³/mol. The number of hydrogen-bond acceptors (Lipinski definition) is 14. The number of benzene rings is 7. The van der Waals surface area contributed by atoms with E-state index in [1.165, 1.54) is 77.0 Å². The molecule has 18 nitrogen and oxygen atoms in total. The zero-order valence-electron chi connectivity index (χ0n) is 74.6. The highest BCUT2D eigenvalue weighted by Crippen LogP contribution is 2.50. The van der Waals surface area contributed by atoms with Gasteiger partial charge in [-0.15, -0.1) is 0 Å². The highest BCUT2D eigenvalue weighted by Gasteiger charge is 2.32. The van der Waals surface area contributed by atoms with E-state index in [4.69, 9.17) is 167 Å². The van der Waals surface area contributed by atoms with E-state index in [9.17, 15) is 0 Å². The number of aliphatic hydroxyl groups is 1. The predicted octanol–water partition coefficient (Wildman–Crippen LogP) is 33.9. The van der Waals surface area contributed by atoms with Crippen LogP contribution in [0.2, 0.25) is 50.5 Å². The van der Waals surface area contributed by atoms with Gasteiger partial charge in [0.15, 0.2) is 0 Å². The molecule has 0 radical (unpaired) electrons. The summed E-state index contributed by atoms with van der Waals surface area (Å²) in [6, 6.07) is 55.8. The quantitative estimate of drug-likeness (QED) is 0.0465. The summed E-state index contributed by atoms with van der Waals surface area (Å²) in [6.07, 6.45) is 38.7. The Morgan fingerprint density at radius 1 is 0.346 bits per heavy atom. The van der Waals surface area contributed by atoms with Crippen molar-refractivity contribution in [1.29, 1.82) is 0 Å². The van der Waals surface area contributed by atoms with E-state index in [0.29, 0.717) is 94.3 Å². The average Bonchev–Trinajstić information content (AvgIpc) is 1.61. The molecule has 0 atom stereocenters. The number of aromatic nitrogens is 12. The third-order valence-electron chi connectivity index (χ3n) is 24.8. The largest absolute Gasteiger partial charge is 0.497 e. The SMILES string of the molecule is COc1ccc(CNc2ncc(Br)cc2-c2c(-c3cccc(Cl)c3Cl)cnn2C2CCCCC2)cc1.COc1ccc(CNc2ncc(Br)cc2-c2nn(C3CCCCC3)cc2-c2cccc(Cl)c2Cl)cc1.Clc1cccc(-c2cn(C3CCCCC3)nc2-c2cc(Br)cnc2Cl)c1Cl.Clc1cccc(-c2cnn(C3CCCCC3)c2-c2cc(Br)cnc2Cl)c1Cl.NCc1ccc(CO)cc1. The molecule has 0 bridgehead atoms. The van der Waals surface area contributed by atoms with Crippen LogP contribution in [0.4, 0.5) is 11.6 Å². The molecule has 7 aromatic carbocycles. The molecule has 0 saturated heterocycles. The van der Waals surface area contributed by atoms with Crippen molar-refractivity contribution in [2.45, 2.75) is 179 Å². The molecule has 4 fully saturated rings. The Labute approximate surface area is 876 Å². The van der Waals surface area contributed by atoms with E-state index in [0.717, 1.165) is 204 Å². The van der Waals surface area contributed by atoms with Crippen molar-refractivity contribution in [3.8, 4) is 101 Å². The van der Waals surface area contributed by atoms with E-state index < -0.39 is 0 Å². The number of rotatable bonds is 22. The van der Waals surface area contributed by atoms with E-state index in [1.54, 1.807) is 57.1 Å². The van der Waals surface area contributed by atoms with Gasteiger partial charge in [-0.3, -0.25) is 18.7 Å². The lowest BCUT2D eigenvalue weighted by Crippen LogP contribution is -2.16. The molecule has 32 heteroatoms. The van der Waals surface area contributed by atoms with Crippen LogP contribution in [-0.2, 0) is 26.2 Å². The van der Waals surface area contributed by atoms with Gasteiger partial charge in [-0.25, -0.2) is 19.9 Å². The van der Waals surface area contributed by atoms with Gasteiger partial charge in [0.05, 0.1) is 109 Å². The van der Waals surface area contributed by atoms with Gasteiger partial charge in [0, 0.05) is 141 Å². The highest BCUT2D eigenvalue weighted by molar-refractivity contribution is 9.11. The van der Waals surface area contributed by atoms with Gasteiger partial charge in [0.1, 0.15) is 44.8 Å². The number of nitrogens with one attached hydrogen (secondary N) is 2. The zero-order chi connectivity index (χ0) is 95.5. The summed E-state index contributed by atoms with van der Waals surface area (Å²) in [7, 11) is 3.34. The molecule has 0 amide bonds. The Bertz CT molecular complexity index is 6440. The van der Waals surface area contributed by atoms with Gasteiger partial charge < -0.3 is 30.9 Å². The Morgan fingerprint density at radius 3 is 1.04 bits per heavy atom. The first kappa shape index (κ1) is 102. The minimum Gasteiger partial charge on any atom is -0.497 e. The lowest BCUT2D eigenvalue weighted by molar-refractivity contribution is 0.282. The van der Waals surface area contributed by atoms with Crippen LogP contribution in [0.25, 0.3) is 89.5 Å². The topological polar surface area (TPSA) is 212 Å². The fourth-order valence-electron chi connectivity index (χ4n) is 17.7. The monoisotopic (exact) mass is 2270 g/mol. The number of nitrogens with zero attached hydrogens (tertiary/aromatic N) is 12. The Morgan fingerprint density at radius 2 is 0.662 bits per heavy atom. The number of aliphatic hydroxyl groups excluding tert-OH is 1. The number of nitrogens with two attached hydrogens (primary N) is 1. The molecule has 19 rings (SSSR count).